The third-order valence-electron chi connectivity index (χ3n) is 5.45. The molecule has 3 aromatic rings. The number of nitrogens with zero attached hydrogens (tertiary/aromatic N) is 1. The van der Waals surface area contributed by atoms with Crippen LogP contribution in [0.15, 0.2) is 36.4 Å². The smallest absolute Gasteiger partial charge is 0.260 e. The quantitative estimate of drug-likeness (QED) is 0.776. The normalized spacial score (nSPS) is 13.7. The van der Waals surface area contributed by atoms with E-state index in [1.807, 2.05) is 36.9 Å². The lowest BCUT2D eigenvalue weighted by molar-refractivity contribution is -0.134. The number of ether oxygens (including phenoxy) is 1. The van der Waals surface area contributed by atoms with Crippen molar-refractivity contribution in [3.05, 3.63) is 64.3 Å². The first-order chi connectivity index (χ1) is 12.5. The molecule has 1 amide bonds. The van der Waals surface area contributed by atoms with E-state index in [1.54, 1.807) is 0 Å². The number of fused-ring (bicyclic) bond motifs is 3. The Hall–Kier alpha value is -2.75. The lowest BCUT2D eigenvalue weighted by atomic mass is 10.0. The molecule has 4 rings (SSSR count). The first-order valence-corrected chi connectivity index (χ1v) is 9.10. The van der Waals surface area contributed by atoms with Gasteiger partial charge in [0.1, 0.15) is 5.75 Å². The zero-order valence-corrected chi connectivity index (χ0v) is 15.6. The SMILES string of the molecule is Cc1ccc(C)c(OCC(=O)N2CCc3[nH]c4ccccc4c3C2)c1C. The van der Waals surface area contributed by atoms with Gasteiger partial charge in [0.05, 0.1) is 0 Å². The molecular formula is C22H24N2O2. The predicted octanol–water partition coefficient (Wildman–Crippen LogP) is 4.06. The minimum Gasteiger partial charge on any atom is -0.483 e. The number of hydrogen-bond donors (Lipinski definition) is 1. The van der Waals surface area contributed by atoms with Crippen LogP contribution in [-0.2, 0) is 17.8 Å². The molecule has 0 aliphatic carbocycles. The summed E-state index contributed by atoms with van der Waals surface area (Å²) in [4.78, 5) is 18.1. The van der Waals surface area contributed by atoms with Gasteiger partial charge >= 0.3 is 0 Å². The first kappa shape index (κ1) is 16.7. The molecule has 0 saturated carbocycles. The van der Waals surface area contributed by atoms with Crippen LogP contribution in [0.1, 0.15) is 27.9 Å². The van der Waals surface area contributed by atoms with Gasteiger partial charge in [-0.1, -0.05) is 30.3 Å². The van der Waals surface area contributed by atoms with Crippen molar-refractivity contribution < 1.29 is 9.53 Å². The van der Waals surface area contributed by atoms with E-state index in [0.717, 1.165) is 35.4 Å². The minimum absolute atomic E-state index is 0.0428. The summed E-state index contributed by atoms with van der Waals surface area (Å²) in [7, 11) is 0. The van der Waals surface area contributed by atoms with Crippen LogP contribution < -0.4 is 4.74 Å². The molecule has 2 aromatic carbocycles. The Bertz CT molecular complexity index is 987. The fraction of sp³-hybridized carbons (Fsp3) is 0.318. The van der Waals surface area contributed by atoms with Gasteiger partial charge in [-0.15, -0.1) is 0 Å². The number of amides is 1. The fourth-order valence-electron chi connectivity index (χ4n) is 3.75. The molecule has 0 radical (unpaired) electrons. The van der Waals surface area contributed by atoms with Crippen molar-refractivity contribution in [2.75, 3.05) is 13.2 Å². The molecule has 2 heterocycles. The summed E-state index contributed by atoms with van der Waals surface area (Å²) in [5.74, 6) is 0.879. The van der Waals surface area contributed by atoms with E-state index in [9.17, 15) is 4.79 Å². The molecule has 26 heavy (non-hydrogen) atoms. The number of para-hydroxylation sites is 1. The number of hydrogen-bond acceptors (Lipinski definition) is 2. The number of aromatic amines is 1. The van der Waals surface area contributed by atoms with Gasteiger partial charge in [0.2, 0.25) is 0 Å². The van der Waals surface area contributed by atoms with Crippen molar-refractivity contribution in [1.82, 2.24) is 9.88 Å². The van der Waals surface area contributed by atoms with Crippen molar-refractivity contribution >= 4 is 16.8 Å². The van der Waals surface area contributed by atoms with Crippen LogP contribution in [0.5, 0.6) is 5.75 Å². The summed E-state index contributed by atoms with van der Waals surface area (Å²) < 4.78 is 5.92. The van der Waals surface area contributed by atoms with Gasteiger partial charge in [-0.25, -0.2) is 0 Å². The van der Waals surface area contributed by atoms with Crippen LogP contribution in [0.25, 0.3) is 10.9 Å². The molecule has 0 bridgehead atoms. The van der Waals surface area contributed by atoms with Gasteiger partial charge in [0, 0.05) is 41.7 Å². The highest BCUT2D eigenvalue weighted by atomic mass is 16.5. The summed E-state index contributed by atoms with van der Waals surface area (Å²) in [6.45, 7) is 7.59. The second-order valence-corrected chi connectivity index (χ2v) is 7.14. The Balaban J connectivity index is 1.49. The Morgan fingerprint density at radius 1 is 1.12 bits per heavy atom. The zero-order chi connectivity index (χ0) is 18.3. The number of H-pyrrole nitrogens is 1. The number of carbonyl (C=O) groups is 1. The van der Waals surface area contributed by atoms with E-state index in [1.165, 1.54) is 22.2 Å². The number of aromatic nitrogens is 1. The maximum absolute atomic E-state index is 12.7. The van der Waals surface area contributed by atoms with Crippen molar-refractivity contribution in [3.63, 3.8) is 0 Å². The average Bonchev–Trinajstić information content (AvgIpc) is 3.02. The Kier molecular flexibility index (Phi) is 4.19. The molecule has 0 unspecified atom stereocenters. The molecule has 0 spiro atoms. The van der Waals surface area contributed by atoms with Crippen LogP contribution in [0.4, 0.5) is 0 Å². The second kappa shape index (κ2) is 6.52. The summed E-state index contributed by atoms with van der Waals surface area (Å²) in [6.07, 6.45) is 0.859. The molecule has 4 heteroatoms. The standard InChI is InChI=1S/C22H24N2O2/c1-14-8-9-15(2)22(16(14)3)26-13-21(25)24-11-10-20-18(12-24)17-6-4-5-7-19(17)23-20/h4-9,23H,10-13H2,1-3H3. The highest BCUT2D eigenvalue weighted by Gasteiger charge is 2.24. The Morgan fingerprint density at radius 2 is 1.88 bits per heavy atom. The van der Waals surface area contributed by atoms with Gasteiger partial charge in [0.25, 0.3) is 5.91 Å². The highest BCUT2D eigenvalue weighted by molar-refractivity contribution is 5.86. The van der Waals surface area contributed by atoms with Gasteiger partial charge in [-0.05, 0) is 43.5 Å². The third-order valence-corrected chi connectivity index (χ3v) is 5.45. The molecular weight excluding hydrogens is 324 g/mol. The number of aryl methyl sites for hydroxylation is 2. The van der Waals surface area contributed by atoms with Crippen molar-refractivity contribution in [1.29, 1.82) is 0 Å². The van der Waals surface area contributed by atoms with Crippen LogP contribution in [0, 0.1) is 20.8 Å². The predicted molar refractivity (Wildman–Crippen MR) is 104 cm³/mol. The number of carbonyl (C=O) groups excluding carboxylic acids is 1. The minimum atomic E-state index is 0.0428. The summed E-state index contributed by atoms with van der Waals surface area (Å²) >= 11 is 0. The molecule has 0 atom stereocenters. The molecule has 4 nitrogen and oxygen atoms in total. The fourth-order valence-corrected chi connectivity index (χ4v) is 3.75. The zero-order valence-electron chi connectivity index (χ0n) is 15.6. The molecule has 1 aromatic heterocycles. The monoisotopic (exact) mass is 348 g/mol. The van der Waals surface area contributed by atoms with Crippen molar-refractivity contribution in [2.24, 2.45) is 0 Å². The highest BCUT2D eigenvalue weighted by Crippen LogP contribution is 2.28. The maximum Gasteiger partial charge on any atom is 0.260 e. The molecule has 134 valence electrons. The lowest BCUT2D eigenvalue weighted by Gasteiger charge is -2.27. The lowest BCUT2D eigenvalue weighted by Crippen LogP contribution is -2.38. The van der Waals surface area contributed by atoms with Crippen LogP contribution in [0.2, 0.25) is 0 Å². The van der Waals surface area contributed by atoms with E-state index < -0.39 is 0 Å². The van der Waals surface area contributed by atoms with Gasteiger partial charge in [0.15, 0.2) is 6.61 Å². The number of nitrogens with one attached hydrogen (secondary N) is 1. The molecule has 0 saturated heterocycles. The van der Waals surface area contributed by atoms with Crippen molar-refractivity contribution in [2.45, 2.75) is 33.7 Å². The molecule has 1 aliphatic rings. The topological polar surface area (TPSA) is 45.3 Å². The van der Waals surface area contributed by atoms with E-state index in [0.29, 0.717) is 6.54 Å². The Morgan fingerprint density at radius 3 is 2.73 bits per heavy atom. The maximum atomic E-state index is 12.7. The van der Waals surface area contributed by atoms with Crippen LogP contribution >= 0.6 is 0 Å². The molecule has 0 fully saturated rings. The van der Waals surface area contributed by atoms with Gasteiger partial charge in [-0.2, -0.15) is 0 Å². The number of rotatable bonds is 3. The average molecular weight is 348 g/mol. The van der Waals surface area contributed by atoms with E-state index in [-0.39, 0.29) is 12.5 Å². The van der Waals surface area contributed by atoms with E-state index in [4.69, 9.17) is 4.74 Å². The molecule has 1 aliphatic heterocycles. The summed E-state index contributed by atoms with van der Waals surface area (Å²) in [5, 5.41) is 1.21. The molecule has 1 N–H and O–H groups in total. The number of benzene rings is 2. The van der Waals surface area contributed by atoms with Crippen molar-refractivity contribution in [3.8, 4) is 5.75 Å². The van der Waals surface area contributed by atoms with E-state index >= 15 is 0 Å². The first-order valence-electron chi connectivity index (χ1n) is 9.10. The third kappa shape index (κ3) is 2.85. The largest absolute Gasteiger partial charge is 0.483 e. The van der Waals surface area contributed by atoms with Gasteiger partial charge < -0.3 is 14.6 Å². The summed E-state index contributed by atoms with van der Waals surface area (Å²) in [6, 6.07) is 12.4. The van der Waals surface area contributed by atoms with Crippen LogP contribution in [0.3, 0.4) is 0 Å². The van der Waals surface area contributed by atoms with Gasteiger partial charge in [-0.3, -0.25) is 4.79 Å². The van der Waals surface area contributed by atoms with Crippen LogP contribution in [-0.4, -0.2) is 28.9 Å². The Labute approximate surface area is 153 Å². The van der Waals surface area contributed by atoms with E-state index in [2.05, 4.69) is 30.1 Å². The second-order valence-electron chi connectivity index (χ2n) is 7.14. The summed E-state index contributed by atoms with van der Waals surface area (Å²) in [5.41, 5.74) is 6.99.